The Bertz CT molecular complexity index is 961. The van der Waals surface area contributed by atoms with Crippen LogP contribution >= 0.6 is 0 Å². The van der Waals surface area contributed by atoms with Crippen LogP contribution in [0.15, 0.2) is 48.7 Å². The fraction of sp³-hybridized carbons (Fsp3) is 0.409. The van der Waals surface area contributed by atoms with Gasteiger partial charge in [0.15, 0.2) is 5.65 Å². The van der Waals surface area contributed by atoms with Crippen molar-refractivity contribution >= 4 is 17.2 Å². The molecular formula is C22H27N5O2. The van der Waals surface area contributed by atoms with Crippen LogP contribution in [0.3, 0.4) is 0 Å². The lowest BCUT2D eigenvalue weighted by atomic mass is 9.95. The number of ether oxygens (including phenoxy) is 1. The Balaban J connectivity index is 1.33. The van der Waals surface area contributed by atoms with Crippen LogP contribution in [-0.2, 0) is 4.79 Å². The normalized spacial score (nSPS) is 16.6. The summed E-state index contributed by atoms with van der Waals surface area (Å²) in [6.07, 6.45) is 3.96. The number of nitrogens with one attached hydrogen (secondary N) is 1. The maximum absolute atomic E-state index is 12.7. The Morgan fingerprint density at radius 1 is 1.17 bits per heavy atom. The van der Waals surface area contributed by atoms with Gasteiger partial charge in [0.1, 0.15) is 11.6 Å². The van der Waals surface area contributed by atoms with E-state index >= 15 is 0 Å². The van der Waals surface area contributed by atoms with E-state index in [0.717, 1.165) is 48.8 Å². The van der Waals surface area contributed by atoms with Crippen LogP contribution in [0.5, 0.6) is 5.75 Å². The molecule has 1 atom stereocenters. The highest BCUT2D eigenvalue weighted by Crippen LogP contribution is 2.28. The summed E-state index contributed by atoms with van der Waals surface area (Å²) in [5.41, 5.74) is 1.67. The molecule has 0 saturated carbocycles. The van der Waals surface area contributed by atoms with E-state index in [9.17, 15) is 4.79 Å². The van der Waals surface area contributed by atoms with Gasteiger partial charge in [0.25, 0.3) is 0 Å². The van der Waals surface area contributed by atoms with Crippen molar-refractivity contribution in [1.82, 2.24) is 19.5 Å². The molecule has 1 aliphatic rings. The summed E-state index contributed by atoms with van der Waals surface area (Å²) in [6.45, 7) is 6.28. The van der Waals surface area contributed by atoms with Gasteiger partial charge in [0, 0.05) is 17.8 Å². The number of pyridine rings is 1. The zero-order valence-corrected chi connectivity index (χ0v) is 16.9. The number of benzene rings is 1. The number of hydrogen-bond acceptors (Lipinski definition) is 5. The van der Waals surface area contributed by atoms with Crippen molar-refractivity contribution in [2.45, 2.75) is 38.6 Å². The third kappa shape index (κ3) is 4.24. The van der Waals surface area contributed by atoms with Gasteiger partial charge >= 0.3 is 0 Å². The summed E-state index contributed by atoms with van der Waals surface area (Å²) in [4.78, 5) is 14.9. The number of carbonyl (C=O) groups excluding carboxylic acids is 1. The van der Waals surface area contributed by atoms with Gasteiger partial charge in [-0.25, -0.2) is 0 Å². The van der Waals surface area contributed by atoms with E-state index in [2.05, 4.69) is 24.8 Å². The third-order valence-corrected chi connectivity index (χ3v) is 5.59. The highest BCUT2D eigenvalue weighted by Gasteiger charge is 2.29. The number of anilines is 1. The Morgan fingerprint density at radius 2 is 1.93 bits per heavy atom. The molecule has 1 saturated heterocycles. The van der Waals surface area contributed by atoms with Crippen molar-refractivity contribution in [3.63, 3.8) is 0 Å². The largest absolute Gasteiger partial charge is 0.494 e. The topological polar surface area (TPSA) is 71.8 Å². The quantitative estimate of drug-likeness (QED) is 0.695. The third-order valence-electron chi connectivity index (χ3n) is 5.59. The summed E-state index contributed by atoms with van der Waals surface area (Å²) in [5.74, 6) is 2.21. The van der Waals surface area contributed by atoms with E-state index in [1.54, 1.807) is 0 Å². The Hall–Kier alpha value is -2.93. The molecule has 1 unspecified atom stereocenters. The molecule has 152 valence electrons. The lowest BCUT2D eigenvalue weighted by molar-refractivity contribution is -0.121. The van der Waals surface area contributed by atoms with E-state index in [4.69, 9.17) is 4.74 Å². The van der Waals surface area contributed by atoms with Crippen molar-refractivity contribution < 1.29 is 9.53 Å². The predicted molar refractivity (Wildman–Crippen MR) is 112 cm³/mol. The van der Waals surface area contributed by atoms with Crippen LogP contribution in [0.2, 0.25) is 0 Å². The van der Waals surface area contributed by atoms with Gasteiger partial charge in [0.05, 0.1) is 12.6 Å². The van der Waals surface area contributed by atoms with Crippen LogP contribution in [0, 0.1) is 0 Å². The second-order valence-corrected chi connectivity index (χ2v) is 7.42. The molecule has 7 nitrogen and oxygen atoms in total. The molecule has 1 aromatic carbocycles. The Kier molecular flexibility index (Phi) is 5.76. The van der Waals surface area contributed by atoms with Gasteiger partial charge < -0.3 is 10.1 Å². The number of nitrogens with zero attached hydrogens (tertiary/aromatic N) is 4. The standard InChI is InChI=1S/C22H27N5O2/c1-3-29-19-9-7-18(8-10-19)23-22(28)16(2)26-14-11-17(12-15-26)21-25-24-20-6-4-5-13-27(20)21/h4-10,13,16-17H,3,11-12,14-15H2,1-2H3,(H,23,28). The minimum atomic E-state index is -0.183. The first-order valence-corrected chi connectivity index (χ1v) is 10.2. The maximum Gasteiger partial charge on any atom is 0.241 e. The summed E-state index contributed by atoms with van der Waals surface area (Å²) in [5, 5.41) is 11.7. The molecule has 29 heavy (non-hydrogen) atoms. The number of amides is 1. The monoisotopic (exact) mass is 393 g/mol. The van der Waals surface area contributed by atoms with Gasteiger partial charge in [-0.2, -0.15) is 0 Å². The van der Waals surface area contributed by atoms with Crippen molar-refractivity contribution in [1.29, 1.82) is 0 Å². The Labute approximate surface area is 170 Å². The number of hydrogen-bond donors (Lipinski definition) is 1. The van der Waals surface area contributed by atoms with E-state index in [0.29, 0.717) is 12.5 Å². The number of fused-ring (bicyclic) bond motifs is 1. The highest BCUT2D eigenvalue weighted by molar-refractivity contribution is 5.94. The molecule has 4 rings (SSSR count). The molecule has 2 aromatic heterocycles. The summed E-state index contributed by atoms with van der Waals surface area (Å²) in [7, 11) is 0. The number of likely N-dealkylation sites (tertiary alicyclic amines) is 1. The van der Waals surface area contributed by atoms with E-state index in [1.807, 2.05) is 62.5 Å². The molecule has 0 aliphatic carbocycles. The Morgan fingerprint density at radius 3 is 2.66 bits per heavy atom. The summed E-state index contributed by atoms with van der Waals surface area (Å²) >= 11 is 0. The van der Waals surface area contributed by atoms with Crippen LogP contribution in [0.25, 0.3) is 5.65 Å². The van der Waals surface area contributed by atoms with Crippen molar-refractivity contribution in [2.24, 2.45) is 0 Å². The zero-order valence-electron chi connectivity index (χ0n) is 16.9. The minimum absolute atomic E-state index is 0.0144. The van der Waals surface area contributed by atoms with Crippen LogP contribution in [-0.4, -0.2) is 51.1 Å². The van der Waals surface area contributed by atoms with Crippen molar-refractivity contribution in [3.05, 3.63) is 54.5 Å². The zero-order chi connectivity index (χ0) is 20.2. The number of piperidine rings is 1. The second-order valence-electron chi connectivity index (χ2n) is 7.42. The average molecular weight is 393 g/mol. The molecule has 3 aromatic rings. The van der Waals surface area contributed by atoms with Gasteiger partial charge in [0.2, 0.25) is 5.91 Å². The summed E-state index contributed by atoms with van der Waals surface area (Å²) in [6, 6.07) is 13.3. The van der Waals surface area contributed by atoms with Crippen molar-refractivity contribution in [3.8, 4) is 5.75 Å². The maximum atomic E-state index is 12.7. The van der Waals surface area contributed by atoms with E-state index in [-0.39, 0.29) is 11.9 Å². The van der Waals surface area contributed by atoms with Crippen LogP contribution in [0.4, 0.5) is 5.69 Å². The molecule has 1 amide bonds. The lowest BCUT2D eigenvalue weighted by Crippen LogP contribution is -2.45. The molecule has 1 fully saturated rings. The first-order valence-electron chi connectivity index (χ1n) is 10.2. The molecule has 0 radical (unpaired) electrons. The fourth-order valence-electron chi connectivity index (χ4n) is 3.90. The molecular weight excluding hydrogens is 366 g/mol. The first-order chi connectivity index (χ1) is 14.2. The number of rotatable bonds is 6. The van der Waals surface area contributed by atoms with Gasteiger partial charge in [-0.05, 0) is 76.2 Å². The lowest BCUT2D eigenvalue weighted by Gasteiger charge is -2.34. The molecule has 1 N–H and O–H groups in total. The van der Waals surface area contributed by atoms with E-state index in [1.165, 1.54) is 0 Å². The molecule has 7 heteroatoms. The van der Waals surface area contributed by atoms with E-state index < -0.39 is 0 Å². The average Bonchev–Trinajstić information content (AvgIpc) is 3.19. The number of carbonyl (C=O) groups is 1. The SMILES string of the molecule is CCOc1ccc(NC(=O)C(C)N2CCC(c3nnc4ccccn34)CC2)cc1. The molecule has 3 heterocycles. The van der Waals surface area contributed by atoms with Gasteiger partial charge in [-0.3, -0.25) is 14.1 Å². The number of aromatic nitrogens is 3. The van der Waals surface area contributed by atoms with Gasteiger partial charge in [-0.15, -0.1) is 10.2 Å². The molecule has 0 bridgehead atoms. The highest BCUT2D eigenvalue weighted by atomic mass is 16.5. The van der Waals surface area contributed by atoms with Gasteiger partial charge in [-0.1, -0.05) is 6.07 Å². The van der Waals surface area contributed by atoms with Crippen LogP contribution < -0.4 is 10.1 Å². The minimum Gasteiger partial charge on any atom is -0.494 e. The molecule has 1 aliphatic heterocycles. The smallest absolute Gasteiger partial charge is 0.241 e. The summed E-state index contributed by atoms with van der Waals surface area (Å²) < 4.78 is 7.52. The first kappa shape index (κ1) is 19.4. The van der Waals surface area contributed by atoms with Crippen molar-refractivity contribution in [2.75, 3.05) is 25.0 Å². The second kappa shape index (κ2) is 8.61. The predicted octanol–water partition coefficient (Wildman–Crippen LogP) is 3.33. The van der Waals surface area contributed by atoms with Crippen LogP contribution in [0.1, 0.15) is 38.4 Å². The fourth-order valence-corrected chi connectivity index (χ4v) is 3.90. The molecule has 0 spiro atoms.